The van der Waals surface area contributed by atoms with Gasteiger partial charge in [0.1, 0.15) is 11.6 Å². The fraction of sp³-hybridized carbons (Fsp3) is 0.740. The molecular formula is C50H72N4O5S. The number of ether oxygens (including phenoxy) is 1. The number of carbonyl (C=O) groups is 1. The van der Waals surface area contributed by atoms with Gasteiger partial charge in [0.05, 0.1) is 23.5 Å². The van der Waals surface area contributed by atoms with E-state index in [0.717, 1.165) is 25.9 Å². The number of nitrogens with zero attached hydrogens (tertiary/aromatic N) is 3. The molecule has 1 aromatic heterocycles. The average Bonchev–Trinajstić information content (AvgIpc) is 3.59. The summed E-state index contributed by atoms with van der Waals surface area (Å²) in [4.78, 5) is 19.4. The second-order valence-corrected chi connectivity index (χ2v) is 24.2. The summed E-state index contributed by atoms with van der Waals surface area (Å²) in [7, 11) is -2.88. The number of fused-ring (bicyclic) bond motifs is 7. The SMILES string of the molecule is C=C(C)[C@@H]1CC[C@]2(NCCN3CCS(=O)(=O)CC3)CC[C@]3(C)[C@H](CC[C@@H]4[C@@]5(C)CC=C(C6=CCC(CCOc7ncccc7C#N)(C(=O)O)CC6)C(C)(C)[C@@H]5CC[C@]43C)[C@@H]12. The first-order chi connectivity index (χ1) is 28.3. The van der Waals surface area contributed by atoms with Crippen LogP contribution in [0.15, 0.2) is 53.8 Å². The lowest BCUT2D eigenvalue weighted by atomic mass is 9.33. The van der Waals surface area contributed by atoms with Gasteiger partial charge < -0.3 is 20.1 Å². The van der Waals surface area contributed by atoms with Crippen LogP contribution in [0, 0.1) is 68.0 Å². The van der Waals surface area contributed by atoms with Gasteiger partial charge in [-0.3, -0.25) is 4.79 Å². The Labute approximate surface area is 360 Å². The first-order valence-corrected chi connectivity index (χ1v) is 25.1. The van der Waals surface area contributed by atoms with Crippen LogP contribution in [0.3, 0.4) is 0 Å². The molecule has 2 heterocycles. The van der Waals surface area contributed by atoms with E-state index in [9.17, 15) is 23.6 Å². The van der Waals surface area contributed by atoms with Crippen LogP contribution in [-0.2, 0) is 14.6 Å². The Balaban J connectivity index is 0.990. The summed E-state index contributed by atoms with van der Waals surface area (Å²) in [5.74, 6) is 3.04. The standard InChI is InChI=1S/C50H72N4O5S/c1-34(2)37-14-21-50(53-26-27-54-28-31-60(57,58)32-29-54)23-22-47(6)39(42(37)50)10-11-41-46(5)17-15-38(45(3,4)40(46)16-18-48(41,47)7)35-12-19-49(20-13-35,44(55)56)24-30-59-43-36(33-51)9-8-25-52-43/h8-9,12,15,25,37,39-42,53H,1,10-11,13-14,16-24,26-32H2,2-7H3,(H,55,56)/t37-,39+,40-,41+,42+,46-,47+,48+,49?,50-/m0/s1. The van der Waals surface area contributed by atoms with Crippen molar-refractivity contribution in [1.29, 1.82) is 5.26 Å². The molecule has 10 heteroatoms. The molecule has 10 atom stereocenters. The van der Waals surface area contributed by atoms with Gasteiger partial charge in [-0.15, -0.1) is 0 Å². The largest absolute Gasteiger partial charge is 0.481 e. The van der Waals surface area contributed by atoms with Gasteiger partial charge in [0.15, 0.2) is 9.84 Å². The van der Waals surface area contributed by atoms with E-state index in [2.05, 4.69) is 81.5 Å². The second kappa shape index (κ2) is 15.7. The summed E-state index contributed by atoms with van der Waals surface area (Å²) in [6, 6.07) is 5.48. The van der Waals surface area contributed by atoms with E-state index in [1.54, 1.807) is 18.3 Å². The number of hydrogen-bond donors (Lipinski definition) is 2. The number of hydrogen-bond acceptors (Lipinski definition) is 8. The van der Waals surface area contributed by atoms with Crippen LogP contribution in [0.5, 0.6) is 5.88 Å². The Hall–Kier alpha value is -3.00. The highest BCUT2D eigenvalue weighted by Gasteiger charge is 2.70. The molecule has 0 spiro atoms. The van der Waals surface area contributed by atoms with Gasteiger partial charge >= 0.3 is 5.97 Å². The van der Waals surface area contributed by atoms with Crippen molar-refractivity contribution in [2.24, 2.45) is 56.7 Å². The van der Waals surface area contributed by atoms with Crippen molar-refractivity contribution in [1.82, 2.24) is 15.2 Å². The number of nitrogens with one attached hydrogen (secondary N) is 1. The fourth-order valence-corrected chi connectivity index (χ4v) is 16.9. The number of allylic oxidation sites excluding steroid dienone is 5. The zero-order valence-electron chi connectivity index (χ0n) is 37.5. The van der Waals surface area contributed by atoms with Gasteiger partial charge in [-0.25, -0.2) is 13.4 Å². The highest BCUT2D eigenvalue weighted by Crippen LogP contribution is 2.76. The first-order valence-electron chi connectivity index (χ1n) is 23.3. The maximum atomic E-state index is 12.8. The zero-order chi connectivity index (χ0) is 42.9. The summed E-state index contributed by atoms with van der Waals surface area (Å²) in [5.41, 5.74) is 4.40. The highest BCUT2D eigenvalue weighted by molar-refractivity contribution is 7.91. The van der Waals surface area contributed by atoms with Crippen LogP contribution >= 0.6 is 0 Å². The van der Waals surface area contributed by atoms with Crippen LogP contribution in [0.1, 0.15) is 131 Å². The molecule has 8 rings (SSSR count). The quantitative estimate of drug-likeness (QED) is 0.209. The van der Waals surface area contributed by atoms with Crippen LogP contribution in [-0.4, -0.2) is 79.2 Å². The summed E-state index contributed by atoms with van der Waals surface area (Å²) in [6.45, 7) is 23.3. The molecular weight excluding hydrogens is 769 g/mol. The van der Waals surface area contributed by atoms with E-state index in [0.29, 0.717) is 67.5 Å². The van der Waals surface area contributed by atoms with Gasteiger partial charge in [0.25, 0.3) is 0 Å². The zero-order valence-corrected chi connectivity index (χ0v) is 38.3. The first kappa shape index (κ1) is 43.6. The van der Waals surface area contributed by atoms with Crippen LogP contribution in [0.2, 0.25) is 0 Å². The molecule has 0 amide bonds. The molecule has 1 saturated heterocycles. The average molecular weight is 841 g/mol. The number of aromatic nitrogens is 1. The molecule has 6 aliphatic carbocycles. The smallest absolute Gasteiger partial charge is 0.310 e. The Bertz CT molecular complexity index is 2080. The number of aliphatic carboxylic acids is 1. The third kappa shape index (κ3) is 7.03. The van der Waals surface area contributed by atoms with Crippen molar-refractivity contribution >= 4 is 15.8 Å². The molecule has 2 N–H and O–H groups in total. The molecule has 5 fully saturated rings. The molecule has 60 heavy (non-hydrogen) atoms. The normalized spacial score (nSPS) is 40.6. The minimum Gasteiger partial charge on any atom is -0.481 e. The van der Waals surface area contributed by atoms with Crippen molar-refractivity contribution in [3.8, 4) is 11.9 Å². The van der Waals surface area contributed by atoms with Crippen molar-refractivity contribution in [2.75, 3.05) is 44.3 Å². The summed E-state index contributed by atoms with van der Waals surface area (Å²) >= 11 is 0. The predicted molar refractivity (Wildman–Crippen MR) is 237 cm³/mol. The molecule has 1 aromatic rings. The van der Waals surface area contributed by atoms with Gasteiger partial charge in [0.2, 0.25) is 5.88 Å². The number of pyridine rings is 1. The van der Waals surface area contributed by atoms with E-state index < -0.39 is 21.2 Å². The van der Waals surface area contributed by atoms with Gasteiger partial charge in [-0.05, 0) is 165 Å². The summed E-state index contributed by atoms with van der Waals surface area (Å²) in [6.07, 6.45) is 19.6. The minimum absolute atomic E-state index is 0.0163. The fourth-order valence-electron chi connectivity index (χ4n) is 15.6. The lowest BCUT2D eigenvalue weighted by Crippen LogP contribution is -2.68. The second-order valence-electron chi connectivity index (χ2n) is 21.9. The van der Waals surface area contributed by atoms with Crippen molar-refractivity contribution in [2.45, 2.75) is 131 Å². The number of nitriles is 1. The molecule has 328 valence electrons. The minimum atomic E-state index is -2.88. The third-order valence-corrected chi connectivity index (χ3v) is 20.7. The molecule has 1 unspecified atom stereocenters. The molecule has 0 aromatic carbocycles. The molecule has 0 bridgehead atoms. The number of rotatable bonds is 11. The number of carboxylic acid groups (broad SMARTS) is 1. The van der Waals surface area contributed by atoms with Crippen molar-refractivity contribution in [3.63, 3.8) is 0 Å². The Morgan fingerprint density at radius 2 is 1.77 bits per heavy atom. The molecule has 0 radical (unpaired) electrons. The van der Waals surface area contributed by atoms with Crippen molar-refractivity contribution < 1.29 is 23.1 Å². The third-order valence-electron chi connectivity index (χ3n) is 19.1. The van der Waals surface area contributed by atoms with E-state index in [1.807, 2.05) is 0 Å². The predicted octanol–water partition coefficient (Wildman–Crippen LogP) is 9.17. The number of carboxylic acids is 1. The van der Waals surface area contributed by atoms with E-state index in [4.69, 9.17) is 4.74 Å². The van der Waals surface area contributed by atoms with Gasteiger partial charge in [-0.2, -0.15) is 5.26 Å². The van der Waals surface area contributed by atoms with Crippen LogP contribution in [0.25, 0.3) is 0 Å². The monoisotopic (exact) mass is 841 g/mol. The lowest BCUT2D eigenvalue weighted by Gasteiger charge is -2.72. The Morgan fingerprint density at radius 1 is 1.00 bits per heavy atom. The molecule has 4 saturated carbocycles. The molecule has 7 aliphatic rings. The summed E-state index contributed by atoms with van der Waals surface area (Å²) in [5, 5.41) is 24.2. The Kier molecular flexibility index (Phi) is 11.4. The Morgan fingerprint density at radius 3 is 2.45 bits per heavy atom. The van der Waals surface area contributed by atoms with Gasteiger partial charge in [-0.1, -0.05) is 58.9 Å². The highest BCUT2D eigenvalue weighted by atomic mass is 32.2. The lowest BCUT2D eigenvalue weighted by molar-refractivity contribution is -0.221. The maximum Gasteiger partial charge on any atom is 0.310 e. The maximum absolute atomic E-state index is 12.8. The topological polar surface area (TPSA) is 133 Å². The van der Waals surface area contributed by atoms with Crippen molar-refractivity contribution in [3.05, 3.63) is 59.3 Å². The van der Waals surface area contributed by atoms with Crippen LogP contribution < -0.4 is 10.1 Å². The van der Waals surface area contributed by atoms with E-state index in [-0.39, 0.29) is 51.2 Å². The van der Waals surface area contributed by atoms with Crippen LogP contribution in [0.4, 0.5) is 0 Å². The summed E-state index contributed by atoms with van der Waals surface area (Å²) < 4.78 is 30.1. The number of sulfone groups is 1. The van der Waals surface area contributed by atoms with Gasteiger partial charge in [0, 0.05) is 37.9 Å². The van der Waals surface area contributed by atoms with E-state index in [1.165, 1.54) is 68.1 Å². The van der Waals surface area contributed by atoms with E-state index >= 15 is 0 Å². The molecule has 9 nitrogen and oxygen atoms in total. The molecule has 1 aliphatic heterocycles.